The molecule has 1 heterocycles. The predicted molar refractivity (Wildman–Crippen MR) is 99.9 cm³/mol. The number of nitrogens with one attached hydrogen (secondary N) is 1. The van der Waals surface area contributed by atoms with Gasteiger partial charge in [0.05, 0.1) is 18.2 Å². The molecule has 1 aliphatic rings. The zero-order chi connectivity index (χ0) is 19.4. The number of rotatable bonds is 5. The molecule has 4 N–H and O–H groups in total. The standard InChI is InChI=1S/C20H27N3O3/c1-5-14-6-8-15(9-7-14)13(4)22-19(25)17-10-16(24)11-23(17)20(26)18(21)12(2)3/h1,6-9,12-13,16-18,24H,10-11,21H2,2-4H3,(H,22,25)/t13-,16+,17-,18-/m0/s1. The Kier molecular flexibility index (Phi) is 6.41. The lowest BCUT2D eigenvalue weighted by atomic mass is 10.0. The molecule has 2 amide bonds. The highest BCUT2D eigenvalue weighted by atomic mass is 16.3. The van der Waals surface area contributed by atoms with Crippen molar-refractivity contribution in [3.8, 4) is 12.3 Å². The summed E-state index contributed by atoms with van der Waals surface area (Å²) in [6.07, 6.45) is 4.84. The van der Waals surface area contributed by atoms with Gasteiger partial charge < -0.3 is 21.1 Å². The summed E-state index contributed by atoms with van der Waals surface area (Å²) < 4.78 is 0. The number of nitrogens with zero attached hydrogens (tertiary/aromatic N) is 1. The molecule has 140 valence electrons. The lowest BCUT2D eigenvalue weighted by Crippen LogP contribution is -2.52. The van der Waals surface area contributed by atoms with Crippen LogP contribution >= 0.6 is 0 Å². The third-order valence-electron chi connectivity index (χ3n) is 4.80. The molecule has 6 nitrogen and oxygen atoms in total. The molecule has 0 bridgehead atoms. The first-order valence-electron chi connectivity index (χ1n) is 8.85. The number of aliphatic hydroxyl groups excluding tert-OH is 1. The van der Waals surface area contributed by atoms with E-state index in [1.165, 1.54) is 4.90 Å². The molecule has 0 aromatic heterocycles. The summed E-state index contributed by atoms with van der Waals surface area (Å²) in [6, 6.07) is 5.70. The van der Waals surface area contributed by atoms with Gasteiger partial charge >= 0.3 is 0 Å². The van der Waals surface area contributed by atoms with Crippen LogP contribution in [-0.4, -0.2) is 46.6 Å². The minimum absolute atomic E-state index is 0.0439. The van der Waals surface area contributed by atoms with Crippen molar-refractivity contribution in [1.29, 1.82) is 0 Å². The van der Waals surface area contributed by atoms with Crippen LogP contribution in [0.25, 0.3) is 0 Å². The molecule has 0 unspecified atom stereocenters. The Bertz CT molecular complexity index is 693. The zero-order valence-corrected chi connectivity index (χ0v) is 15.5. The summed E-state index contributed by atoms with van der Waals surface area (Å²) in [4.78, 5) is 26.7. The van der Waals surface area contributed by atoms with Crippen LogP contribution in [0.2, 0.25) is 0 Å². The lowest BCUT2D eigenvalue weighted by molar-refractivity contribution is -0.140. The summed E-state index contributed by atoms with van der Waals surface area (Å²) in [5.41, 5.74) is 7.63. The third-order valence-corrected chi connectivity index (χ3v) is 4.80. The highest BCUT2D eigenvalue weighted by Gasteiger charge is 2.41. The van der Waals surface area contributed by atoms with Crippen molar-refractivity contribution in [1.82, 2.24) is 10.2 Å². The lowest BCUT2D eigenvalue weighted by Gasteiger charge is -2.28. The van der Waals surface area contributed by atoms with E-state index < -0.39 is 18.2 Å². The number of nitrogens with two attached hydrogens (primary N) is 1. The maximum absolute atomic E-state index is 12.7. The Labute approximate surface area is 154 Å². The van der Waals surface area contributed by atoms with E-state index in [0.29, 0.717) is 0 Å². The van der Waals surface area contributed by atoms with Gasteiger partial charge in [-0.3, -0.25) is 9.59 Å². The molecule has 2 rings (SSSR count). The van der Waals surface area contributed by atoms with Crippen molar-refractivity contribution in [2.75, 3.05) is 6.54 Å². The van der Waals surface area contributed by atoms with Gasteiger partial charge in [0.2, 0.25) is 11.8 Å². The smallest absolute Gasteiger partial charge is 0.243 e. The number of hydrogen-bond donors (Lipinski definition) is 3. The van der Waals surface area contributed by atoms with Crippen LogP contribution in [0.5, 0.6) is 0 Å². The van der Waals surface area contributed by atoms with Gasteiger partial charge in [0, 0.05) is 18.5 Å². The Morgan fingerprint density at radius 1 is 1.31 bits per heavy atom. The van der Waals surface area contributed by atoms with Crippen LogP contribution < -0.4 is 11.1 Å². The Balaban J connectivity index is 2.08. The molecule has 1 aromatic carbocycles. The summed E-state index contributed by atoms with van der Waals surface area (Å²) in [6.45, 7) is 5.70. The molecule has 1 aliphatic heterocycles. The normalized spacial score (nSPS) is 22.0. The fourth-order valence-electron chi connectivity index (χ4n) is 3.04. The second-order valence-electron chi connectivity index (χ2n) is 7.16. The summed E-state index contributed by atoms with van der Waals surface area (Å²) in [5.74, 6) is 1.91. The summed E-state index contributed by atoms with van der Waals surface area (Å²) >= 11 is 0. The number of benzene rings is 1. The van der Waals surface area contributed by atoms with Crippen molar-refractivity contribution >= 4 is 11.8 Å². The number of terminal acetylenes is 1. The molecule has 0 spiro atoms. The van der Waals surface area contributed by atoms with Crippen molar-refractivity contribution in [3.05, 3.63) is 35.4 Å². The van der Waals surface area contributed by atoms with E-state index in [2.05, 4.69) is 11.2 Å². The van der Waals surface area contributed by atoms with Crippen molar-refractivity contribution in [2.24, 2.45) is 11.7 Å². The van der Waals surface area contributed by atoms with Gasteiger partial charge in [-0.2, -0.15) is 0 Å². The molecular weight excluding hydrogens is 330 g/mol. The average Bonchev–Trinajstić information content (AvgIpc) is 3.02. The molecular formula is C20H27N3O3. The number of hydrogen-bond acceptors (Lipinski definition) is 4. The molecule has 1 aromatic rings. The van der Waals surface area contributed by atoms with Gasteiger partial charge in [-0.1, -0.05) is 31.9 Å². The van der Waals surface area contributed by atoms with E-state index in [1.807, 2.05) is 45.0 Å². The Morgan fingerprint density at radius 3 is 2.46 bits per heavy atom. The average molecular weight is 357 g/mol. The Morgan fingerprint density at radius 2 is 1.92 bits per heavy atom. The number of β-amino-alcohol motifs (C(OH)–C–C–N with tert-alkyl or cyclic N) is 1. The summed E-state index contributed by atoms with van der Waals surface area (Å²) in [5, 5.41) is 12.9. The van der Waals surface area contributed by atoms with Gasteiger partial charge in [0.1, 0.15) is 6.04 Å². The Hall–Kier alpha value is -2.36. The zero-order valence-electron chi connectivity index (χ0n) is 15.5. The highest BCUT2D eigenvalue weighted by Crippen LogP contribution is 2.22. The monoisotopic (exact) mass is 357 g/mol. The van der Waals surface area contributed by atoms with Crippen molar-refractivity contribution in [3.63, 3.8) is 0 Å². The van der Waals surface area contributed by atoms with Gasteiger partial charge in [-0.05, 0) is 30.5 Å². The molecule has 0 radical (unpaired) electrons. The predicted octanol–water partition coefficient (Wildman–Crippen LogP) is 0.790. The number of amides is 2. The van der Waals surface area contributed by atoms with Crippen LogP contribution in [0.3, 0.4) is 0 Å². The molecule has 0 saturated carbocycles. The topological polar surface area (TPSA) is 95.7 Å². The van der Waals surface area contributed by atoms with Gasteiger partial charge in [-0.15, -0.1) is 6.42 Å². The van der Waals surface area contributed by atoms with Crippen LogP contribution in [0.1, 0.15) is 44.4 Å². The second-order valence-corrected chi connectivity index (χ2v) is 7.16. The fourth-order valence-corrected chi connectivity index (χ4v) is 3.04. The molecule has 1 saturated heterocycles. The van der Waals surface area contributed by atoms with Crippen LogP contribution in [0.15, 0.2) is 24.3 Å². The van der Waals surface area contributed by atoms with Crippen molar-refractivity contribution in [2.45, 2.75) is 51.4 Å². The molecule has 0 aliphatic carbocycles. The first-order chi connectivity index (χ1) is 12.2. The molecule has 26 heavy (non-hydrogen) atoms. The van der Waals surface area contributed by atoms with E-state index in [-0.39, 0.29) is 36.7 Å². The maximum Gasteiger partial charge on any atom is 0.243 e. The number of carbonyl (C=O) groups is 2. The minimum atomic E-state index is -0.723. The molecule has 4 atom stereocenters. The van der Waals surface area contributed by atoms with Crippen molar-refractivity contribution < 1.29 is 14.7 Å². The maximum atomic E-state index is 12.7. The van der Waals surface area contributed by atoms with E-state index in [4.69, 9.17) is 12.2 Å². The van der Waals surface area contributed by atoms with Crippen LogP contribution in [-0.2, 0) is 9.59 Å². The SMILES string of the molecule is C#Cc1ccc([C@H](C)NC(=O)[C@@H]2C[C@@H](O)CN2C(=O)[C@@H](N)C(C)C)cc1. The highest BCUT2D eigenvalue weighted by molar-refractivity contribution is 5.90. The van der Waals surface area contributed by atoms with E-state index >= 15 is 0 Å². The fraction of sp³-hybridized carbons (Fsp3) is 0.500. The van der Waals surface area contributed by atoms with Crippen LogP contribution in [0, 0.1) is 18.3 Å². The van der Waals surface area contributed by atoms with E-state index in [9.17, 15) is 14.7 Å². The second kappa shape index (κ2) is 8.35. The third kappa shape index (κ3) is 4.43. The first-order valence-corrected chi connectivity index (χ1v) is 8.85. The largest absolute Gasteiger partial charge is 0.391 e. The quantitative estimate of drug-likeness (QED) is 0.679. The molecule has 1 fully saturated rings. The first kappa shape index (κ1) is 20.0. The number of carbonyl (C=O) groups excluding carboxylic acids is 2. The molecule has 6 heteroatoms. The minimum Gasteiger partial charge on any atom is -0.391 e. The van der Waals surface area contributed by atoms with Gasteiger partial charge in [0.25, 0.3) is 0 Å². The van der Waals surface area contributed by atoms with Crippen LogP contribution in [0.4, 0.5) is 0 Å². The van der Waals surface area contributed by atoms with Gasteiger partial charge in [-0.25, -0.2) is 0 Å². The number of likely N-dealkylation sites (tertiary alicyclic amines) is 1. The van der Waals surface area contributed by atoms with E-state index in [1.54, 1.807) is 0 Å². The summed E-state index contributed by atoms with van der Waals surface area (Å²) in [7, 11) is 0. The van der Waals surface area contributed by atoms with Gasteiger partial charge in [0.15, 0.2) is 0 Å². The number of aliphatic hydroxyl groups is 1. The van der Waals surface area contributed by atoms with E-state index in [0.717, 1.165) is 11.1 Å².